The van der Waals surface area contributed by atoms with Gasteiger partial charge in [-0.15, -0.1) is 0 Å². The van der Waals surface area contributed by atoms with E-state index in [2.05, 4.69) is 15.0 Å². The van der Waals surface area contributed by atoms with E-state index in [9.17, 15) is 4.79 Å². The average molecular weight is 368 g/mol. The molecule has 27 heavy (non-hydrogen) atoms. The molecule has 142 valence electrons. The van der Waals surface area contributed by atoms with Crippen molar-refractivity contribution in [2.45, 2.75) is 51.5 Å². The highest BCUT2D eigenvalue weighted by atomic mass is 16.5. The van der Waals surface area contributed by atoms with Crippen molar-refractivity contribution in [3.05, 3.63) is 53.4 Å². The molecular weight excluding hydrogens is 344 g/mol. The lowest BCUT2D eigenvalue weighted by Crippen LogP contribution is -2.44. The van der Waals surface area contributed by atoms with E-state index >= 15 is 0 Å². The van der Waals surface area contributed by atoms with Crippen molar-refractivity contribution < 1.29 is 14.3 Å². The zero-order valence-corrected chi connectivity index (χ0v) is 15.7. The summed E-state index contributed by atoms with van der Waals surface area (Å²) < 4.78 is 12.2. The van der Waals surface area contributed by atoms with Crippen molar-refractivity contribution in [3.8, 4) is 0 Å². The largest absolute Gasteiger partial charge is 0.373 e. The molecular formula is C20H24N4O3. The molecule has 4 heterocycles. The lowest BCUT2D eigenvalue weighted by atomic mass is 10.0. The molecule has 0 spiro atoms. The highest BCUT2D eigenvalue weighted by Gasteiger charge is 2.47. The second-order valence-corrected chi connectivity index (χ2v) is 7.14. The van der Waals surface area contributed by atoms with Crippen LogP contribution in [0.4, 0.5) is 0 Å². The van der Waals surface area contributed by atoms with Crippen LogP contribution in [0.3, 0.4) is 0 Å². The molecule has 4 rings (SSSR count). The lowest BCUT2D eigenvalue weighted by molar-refractivity contribution is -0.0809. The fraction of sp³-hybridized carbons (Fsp3) is 0.500. The summed E-state index contributed by atoms with van der Waals surface area (Å²) >= 11 is 0. The van der Waals surface area contributed by atoms with Gasteiger partial charge >= 0.3 is 0 Å². The number of ether oxygens (including phenoxy) is 2. The SMILES string of the molecule is Cc1ncnc(C(=O)N2C[C@H](OCc3ccncc3)[C@H]3OCCC[C@H]32)c1C. The number of aromatic nitrogens is 3. The summed E-state index contributed by atoms with van der Waals surface area (Å²) in [4.78, 5) is 27.5. The molecule has 2 saturated heterocycles. The van der Waals surface area contributed by atoms with Crippen molar-refractivity contribution in [2.24, 2.45) is 0 Å². The maximum atomic E-state index is 13.2. The first kappa shape index (κ1) is 18.0. The summed E-state index contributed by atoms with van der Waals surface area (Å²) in [5, 5.41) is 0. The quantitative estimate of drug-likeness (QED) is 0.822. The number of nitrogens with zero attached hydrogens (tertiary/aromatic N) is 4. The second kappa shape index (κ2) is 7.70. The number of likely N-dealkylation sites (tertiary alicyclic amines) is 1. The molecule has 2 aliphatic rings. The predicted octanol–water partition coefficient (Wildman–Crippen LogP) is 2.08. The molecule has 2 aliphatic heterocycles. The van der Waals surface area contributed by atoms with Crippen LogP contribution in [-0.2, 0) is 16.1 Å². The van der Waals surface area contributed by atoms with Crippen LogP contribution in [0, 0.1) is 13.8 Å². The predicted molar refractivity (Wildman–Crippen MR) is 98.1 cm³/mol. The molecule has 7 heteroatoms. The van der Waals surface area contributed by atoms with Crippen LogP contribution in [0.15, 0.2) is 30.9 Å². The Labute approximate surface area is 158 Å². The van der Waals surface area contributed by atoms with Crippen molar-refractivity contribution in [1.82, 2.24) is 19.9 Å². The van der Waals surface area contributed by atoms with Gasteiger partial charge in [0.2, 0.25) is 0 Å². The van der Waals surface area contributed by atoms with Gasteiger partial charge in [-0.25, -0.2) is 9.97 Å². The van der Waals surface area contributed by atoms with Gasteiger partial charge in [-0.2, -0.15) is 0 Å². The van der Waals surface area contributed by atoms with E-state index < -0.39 is 0 Å². The summed E-state index contributed by atoms with van der Waals surface area (Å²) in [5.74, 6) is -0.0616. The van der Waals surface area contributed by atoms with Gasteiger partial charge < -0.3 is 14.4 Å². The fourth-order valence-corrected chi connectivity index (χ4v) is 3.86. The first-order valence-electron chi connectivity index (χ1n) is 9.36. The van der Waals surface area contributed by atoms with Gasteiger partial charge in [-0.3, -0.25) is 9.78 Å². The van der Waals surface area contributed by atoms with E-state index in [1.165, 1.54) is 6.33 Å². The number of hydrogen-bond donors (Lipinski definition) is 0. The molecule has 2 aromatic heterocycles. The number of amides is 1. The van der Waals surface area contributed by atoms with Gasteiger partial charge in [0.25, 0.3) is 5.91 Å². The molecule has 0 radical (unpaired) electrons. The molecule has 2 fully saturated rings. The summed E-state index contributed by atoms with van der Waals surface area (Å²) in [6.45, 7) is 5.50. The zero-order chi connectivity index (χ0) is 18.8. The van der Waals surface area contributed by atoms with Crippen molar-refractivity contribution in [2.75, 3.05) is 13.2 Å². The highest BCUT2D eigenvalue weighted by molar-refractivity contribution is 5.94. The number of hydrogen-bond acceptors (Lipinski definition) is 6. The summed E-state index contributed by atoms with van der Waals surface area (Å²) in [6, 6.07) is 3.90. The maximum absolute atomic E-state index is 13.2. The molecule has 0 unspecified atom stereocenters. The lowest BCUT2D eigenvalue weighted by Gasteiger charge is -2.32. The van der Waals surface area contributed by atoms with Gasteiger partial charge in [0, 0.05) is 30.3 Å². The Hall–Kier alpha value is -2.38. The Balaban J connectivity index is 1.53. The van der Waals surface area contributed by atoms with E-state index in [4.69, 9.17) is 9.47 Å². The molecule has 0 saturated carbocycles. The fourth-order valence-electron chi connectivity index (χ4n) is 3.86. The van der Waals surface area contributed by atoms with Crippen LogP contribution in [0.25, 0.3) is 0 Å². The average Bonchev–Trinajstić information content (AvgIpc) is 3.08. The van der Waals surface area contributed by atoms with E-state index in [1.54, 1.807) is 12.4 Å². The van der Waals surface area contributed by atoms with Crippen molar-refractivity contribution in [3.63, 3.8) is 0 Å². The third kappa shape index (κ3) is 3.57. The number of carbonyl (C=O) groups is 1. The van der Waals surface area contributed by atoms with E-state index in [1.807, 2.05) is 30.9 Å². The summed E-state index contributed by atoms with van der Waals surface area (Å²) in [6.07, 6.45) is 6.60. The number of aryl methyl sites for hydroxylation is 1. The van der Waals surface area contributed by atoms with Crippen molar-refractivity contribution >= 4 is 5.91 Å². The zero-order valence-electron chi connectivity index (χ0n) is 15.7. The molecule has 0 aromatic carbocycles. The van der Waals surface area contributed by atoms with Crippen LogP contribution in [0.5, 0.6) is 0 Å². The van der Waals surface area contributed by atoms with Crippen LogP contribution in [-0.4, -0.2) is 57.2 Å². The molecule has 7 nitrogen and oxygen atoms in total. The number of fused-ring (bicyclic) bond motifs is 1. The molecule has 0 aliphatic carbocycles. The van der Waals surface area contributed by atoms with E-state index in [-0.39, 0.29) is 24.2 Å². The number of carbonyl (C=O) groups excluding carboxylic acids is 1. The van der Waals surface area contributed by atoms with E-state index in [0.717, 1.165) is 29.7 Å². The van der Waals surface area contributed by atoms with Crippen LogP contribution >= 0.6 is 0 Å². The standard InChI is InChI=1S/C20H24N4O3/c1-13-14(2)22-12-23-18(13)20(25)24-10-17(19-16(24)4-3-9-26-19)27-11-15-5-7-21-8-6-15/h5-8,12,16-17,19H,3-4,9-11H2,1-2H3/t16-,17+,19+/m1/s1. The maximum Gasteiger partial charge on any atom is 0.273 e. The first-order chi connectivity index (χ1) is 13.1. The summed E-state index contributed by atoms with van der Waals surface area (Å²) in [7, 11) is 0. The molecule has 2 aromatic rings. The smallest absolute Gasteiger partial charge is 0.273 e. The van der Waals surface area contributed by atoms with Crippen LogP contribution in [0.2, 0.25) is 0 Å². The third-order valence-electron chi connectivity index (χ3n) is 5.49. The molecule has 0 N–H and O–H groups in total. The Kier molecular flexibility index (Phi) is 5.13. The highest BCUT2D eigenvalue weighted by Crippen LogP contribution is 2.32. The van der Waals surface area contributed by atoms with Gasteiger partial charge in [0.15, 0.2) is 0 Å². The molecule has 0 bridgehead atoms. The van der Waals surface area contributed by atoms with Gasteiger partial charge in [-0.1, -0.05) is 0 Å². The normalized spacial score (nSPS) is 24.7. The Morgan fingerprint density at radius 2 is 2.11 bits per heavy atom. The van der Waals surface area contributed by atoms with Gasteiger partial charge in [-0.05, 0) is 44.4 Å². The van der Waals surface area contributed by atoms with Crippen LogP contribution < -0.4 is 0 Å². The topological polar surface area (TPSA) is 77.4 Å². The number of pyridine rings is 1. The van der Waals surface area contributed by atoms with Gasteiger partial charge in [0.05, 0.1) is 19.2 Å². The van der Waals surface area contributed by atoms with Gasteiger partial charge in [0.1, 0.15) is 24.2 Å². The second-order valence-electron chi connectivity index (χ2n) is 7.14. The first-order valence-corrected chi connectivity index (χ1v) is 9.36. The summed E-state index contributed by atoms with van der Waals surface area (Å²) in [5.41, 5.74) is 3.19. The van der Waals surface area contributed by atoms with E-state index in [0.29, 0.717) is 25.5 Å². The molecule has 1 amide bonds. The minimum Gasteiger partial charge on any atom is -0.373 e. The minimum absolute atomic E-state index is 0.0309. The van der Waals surface area contributed by atoms with Crippen LogP contribution in [0.1, 0.15) is 40.2 Å². The molecule has 3 atom stereocenters. The minimum atomic E-state index is -0.143. The number of rotatable bonds is 4. The van der Waals surface area contributed by atoms with Crippen molar-refractivity contribution in [1.29, 1.82) is 0 Å². The Morgan fingerprint density at radius 1 is 1.30 bits per heavy atom. The monoisotopic (exact) mass is 368 g/mol. The Bertz CT molecular complexity index is 814. The third-order valence-corrected chi connectivity index (χ3v) is 5.49. The Morgan fingerprint density at radius 3 is 2.93 bits per heavy atom.